The van der Waals surface area contributed by atoms with Crippen LogP contribution in [0.15, 0.2) is 84.1 Å². The molecule has 0 fully saturated rings. The first-order valence-corrected chi connectivity index (χ1v) is 9.85. The van der Waals surface area contributed by atoms with E-state index in [-0.39, 0.29) is 0 Å². The summed E-state index contributed by atoms with van der Waals surface area (Å²) in [6.07, 6.45) is 3.33. The fraction of sp³-hybridized carbons (Fsp3) is 0.192. The standard InChI is InChI=1S/C26H27NO3/c1-19-8-7-10-24(16-19)30-26(27-23-13-12-20(2)21(3)17-23)14-15-29-18-22-9-5-6-11-25(22)28-4/h5-17H,18H2,1-4H3. The van der Waals surface area contributed by atoms with Crippen LogP contribution in [0.2, 0.25) is 0 Å². The van der Waals surface area contributed by atoms with Gasteiger partial charge in [-0.3, -0.25) is 0 Å². The molecular weight excluding hydrogens is 374 g/mol. The van der Waals surface area contributed by atoms with Crippen molar-refractivity contribution in [3.8, 4) is 11.5 Å². The topological polar surface area (TPSA) is 40.0 Å². The molecule has 0 radical (unpaired) electrons. The quantitative estimate of drug-likeness (QED) is 0.259. The Morgan fingerprint density at radius 2 is 1.73 bits per heavy atom. The maximum absolute atomic E-state index is 6.03. The van der Waals surface area contributed by atoms with Crippen LogP contribution in [0.5, 0.6) is 11.5 Å². The van der Waals surface area contributed by atoms with Crippen LogP contribution in [0.3, 0.4) is 0 Å². The SMILES string of the molecule is COc1ccccc1COC=CC(=Nc1ccc(C)c(C)c1)Oc1cccc(C)c1. The Morgan fingerprint density at radius 3 is 2.50 bits per heavy atom. The normalized spacial score (nSPS) is 11.5. The maximum Gasteiger partial charge on any atom is 0.222 e. The molecule has 0 aromatic heterocycles. The summed E-state index contributed by atoms with van der Waals surface area (Å²) in [5, 5.41) is 0. The van der Waals surface area contributed by atoms with Gasteiger partial charge in [0.05, 0.1) is 19.1 Å². The van der Waals surface area contributed by atoms with Gasteiger partial charge in [-0.1, -0.05) is 36.4 Å². The highest BCUT2D eigenvalue weighted by Crippen LogP contribution is 2.20. The van der Waals surface area contributed by atoms with Crippen molar-refractivity contribution >= 4 is 11.6 Å². The summed E-state index contributed by atoms with van der Waals surface area (Å²) in [5.41, 5.74) is 5.33. The molecule has 0 aliphatic carbocycles. The van der Waals surface area contributed by atoms with E-state index in [1.807, 2.05) is 67.6 Å². The number of aliphatic imine (C=N–C) groups is 1. The first-order valence-electron chi connectivity index (χ1n) is 9.85. The monoisotopic (exact) mass is 401 g/mol. The van der Waals surface area contributed by atoms with Gasteiger partial charge in [0.2, 0.25) is 5.90 Å². The lowest BCUT2D eigenvalue weighted by molar-refractivity contribution is 0.231. The molecule has 0 spiro atoms. The molecule has 3 rings (SSSR count). The predicted octanol–water partition coefficient (Wildman–Crippen LogP) is 6.46. The Labute approximate surface area is 178 Å². The van der Waals surface area contributed by atoms with E-state index < -0.39 is 0 Å². The van der Waals surface area contributed by atoms with Gasteiger partial charge in [-0.05, 0) is 67.8 Å². The zero-order chi connectivity index (χ0) is 21.3. The summed E-state index contributed by atoms with van der Waals surface area (Å²) in [5.74, 6) is 1.97. The van der Waals surface area contributed by atoms with Gasteiger partial charge < -0.3 is 14.2 Å². The highest BCUT2D eigenvalue weighted by Gasteiger charge is 2.04. The van der Waals surface area contributed by atoms with Crippen molar-refractivity contribution in [1.29, 1.82) is 0 Å². The molecule has 0 amide bonds. The second kappa shape index (κ2) is 10.3. The van der Waals surface area contributed by atoms with Crippen molar-refractivity contribution in [2.24, 2.45) is 4.99 Å². The van der Waals surface area contributed by atoms with Gasteiger partial charge in [0.1, 0.15) is 18.1 Å². The average Bonchev–Trinajstić information content (AvgIpc) is 2.74. The Morgan fingerprint density at radius 1 is 0.900 bits per heavy atom. The van der Waals surface area contributed by atoms with E-state index in [1.165, 1.54) is 11.1 Å². The molecule has 3 aromatic carbocycles. The molecule has 0 aliphatic rings. The zero-order valence-electron chi connectivity index (χ0n) is 17.9. The van der Waals surface area contributed by atoms with E-state index >= 15 is 0 Å². The summed E-state index contributed by atoms with van der Waals surface area (Å²) >= 11 is 0. The molecule has 0 heterocycles. The number of hydrogen-bond acceptors (Lipinski definition) is 4. The lowest BCUT2D eigenvalue weighted by Gasteiger charge is -2.09. The maximum atomic E-state index is 6.03. The first kappa shape index (κ1) is 21.2. The summed E-state index contributed by atoms with van der Waals surface area (Å²) in [6.45, 7) is 6.57. The number of para-hydroxylation sites is 1. The molecule has 0 atom stereocenters. The van der Waals surface area contributed by atoms with Gasteiger partial charge >= 0.3 is 0 Å². The van der Waals surface area contributed by atoms with Crippen molar-refractivity contribution in [3.63, 3.8) is 0 Å². The summed E-state index contributed by atoms with van der Waals surface area (Å²) in [4.78, 5) is 4.67. The molecule has 154 valence electrons. The van der Waals surface area contributed by atoms with Crippen molar-refractivity contribution in [1.82, 2.24) is 0 Å². The van der Waals surface area contributed by atoms with Crippen LogP contribution in [0.25, 0.3) is 0 Å². The average molecular weight is 402 g/mol. The van der Waals surface area contributed by atoms with E-state index in [9.17, 15) is 0 Å². The molecule has 0 N–H and O–H groups in total. The van der Waals surface area contributed by atoms with Crippen LogP contribution in [0, 0.1) is 20.8 Å². The van der Waals surface area contributed by atoms with Crippen LogP contribution >= 0.6 is 0 Å². The van der Waals surface area contributed by atoms with E-state index in [2.05, 4.69) is 24.9 Å². The molecule has 0 bridgehead atoms. The Balaban J connectivity index is 1.78. The number of rotatable bonds is 7. The zero-order valence-corrected chi connectivity index (χ0v) is 17.9. The van der Waals surface area contributed by atoms with Crippen LogP contribution < -0.4 is 9.47 Å². The van der Waals surface area contributed by atoms with Gasteiger partial charge in [-0.25, -0.2) is 4.99 Å². The Bertz CT molecular complexity index is 1050. The molecular formula is C26H27NO3. The summed E-state index contributed by atoms with van der Waals surface area (Å²) in [6, 6.07) is 21.7. The second-order valence-corrected chi connectivity index (χ2v) is 7.06. The number of aryl methyl sites for hydroxylation is 3. The van der Waals surface area contributed by atoms with Gasteiger partial charge in [0, 0.05) is 11.6 Å². The molecule has 4 heteroatoms. The van der Waals surface area contributed by atoms with Crippen molar-refractivity contribution in [3.05, 3.63) is 101 Å². The van der Waals surface area contributed by atoms with Crippen LogP contribution in [0.4, 0.5) is 5.69 Å². The minimum absolute atomic E-state index is 0.391. The lowest BCUT2D eigenvalue weighted by Crippen LogP contribution is -2.05. The minimum atomic E-state index is 0.391. The van der Waals surface area contributed by atoms with Crippen LogP contribution in [0.1, 0.15) is 22.3 Å². The van der Waals surface area contributed by atoms with Gasteiger partial charge in [-0.2, -0.15) is 0 Å². The van der Waals surface area contributed by atoms with Crippen molar-refractivity contribution < 1.29 is 14.2 Å². The van der Waals surface area contributed by atoms with Crippen molar-refractivity contribution in [2.75, 3.05) is 7.11 Å². The molecule has 3 aromatic rings. The fourth-order valence-corrected chi connectivity index (χ4v) is 2.88. The van der Waals surface area contributed by atoms with E-state index in [0.717, 1.165) is 28.3 Å². The highest BCUT2D eigenvalue weighted by atomic mass is 16.5. The van der Waals surface area contributed by atoms with E-state index in [1.54, 1.807) is 19.4 Å². The van der Waals surface area contributed by atoms with Gasteiger partial charge in [0.15, 0.2) is 0 Å². The minimum Gasteiger partial charge on any atom is -0.496 e. The number of hydrogen-bond donors (Lipinski definition) is 0. The summed E-state index contributed by atoms with van der Waals surface area (Å²) in [7, 11) is 1.65. The number of methoxy groups -OCH3 is 1. The molecule has 30 heavy (non-hydrogen) atoms. The second-order valence-electron chi connectivity index (χ2n) is 7.06. The predicted molar refractivity (Wildman–Crippen MR) is 122 cm³/mol. The molecule has 0 unspecified atom stereocenters. The lowest BCUT2D eigenvalue weighted by atomic mass is 10.1. The molecule has 0 saturated heterocycles. The number of ether oxygens (including phenoxy) is 3. The number of nitrogens with zero attached hydrogens (tertiary/aromatic N) is 1. The summed E-state index contributed by atoms with van der Waals surface area (Å²) < 4.78 is 17.1. The van der Waals surface area contributed by atoms with E-state index in [0.29, 0.717) is 12.5 Å². The smallest absolute Gasteiger partial charge is 0.222 e. The molecule has 0 saturated carbocycles. The largest absolute Gasteiger partial charge is 0.496 e. The van der Waals surface area contributed by atoms with Crippen LogP contribution in [-0.4, -0.2) is 13.0 Å². The third-order valence-corrected chi connectivity index (χ3v) is 4.68. The third-order valence-electron chi connectivity index (χ3n) is 4.68. The number of benzene rings is 3. The van der Waals surface area contributed by atoms with Gasteiger partial charge in [0.25, 0.3) is 0 Å². The highest BCUT2D eigenvalue weighted by molar-refractivity contribution is 5.91. The van der Waals surface area contributed by atoms with E-state index in [4.69, 9.17) is 14.2 Å². The van der Waals surface area contributed by atoms with Crippen LogP contribution in [-0.2, 0) is 11.3 Å². The van der Waals surface area contributed by atoms with Crippen molar-refractivity contribution in [2.45, 2.75) is 27.4 Å². The fourth-order valence-electron chi connectivity index (χ4n) is 2.88. The Hall–Kier alpha value is -3.53. The third kappa shape index (κ3) is 5.98. The Kier molecular flexibility index (Phi) is 7.28. The molecule has 4 nitrogen and oxygen atoms in total. The van der Waals surface area contributed by atoms with Gasteiger partial charge in [-0.15, -0.1) is 0 Å². The first-order chi connectivity index (χ1) is 14.5. The molecule has 0 aliphatic heterocycles.